The molecule has 4 nitrogen and oxygen atoms in total. The number of rotatable bonds is 1. The average Bonchev–Trinajstić information content (AvgIpc) is 2.73. The van der Waals surface area contributed by atoms with Crippen LogP contribution in [0.3, 0.4) is 0 Å². The molecule has 2 aliphatic rings. The van der Waals surface area contributed by atoms with E-state index in [9.17, 15) is 8.42 Å². The summed E-state index contributed by atoms with van der Waals surface area (Å²) in [6.45, 7) is 1.63. The van der Waals surface area contributed by atoms with E-state index in [-0.39, 0.29) is 6.04 Å². The van der Waals surface area contributed by atoms with Crippen LogP contribution in [0.5, 0.6) is 0 Å². The summed E-state index contributed by atoms with van der Waals surface area (Å²) in [5.74, 6) is 0.660. The van der Waals surface area contributed by atoms with Gasteiger partial charge in [0.15, 0.2) is 9.84 Å². The lowest BCUT2D eigenvalue weighted by molar-refractivity contribution is 0.200. The Bertz CT molecular complexity index is 568. The lowest BCUT2D eigenvalue weighted by atomic mass is 10.1. The van der Waals surface area contributed by atoms with Crippen molar-refractivity contribution < 1.29 is 8.42 Å². The van der Waals surface area contributed by atoms with E-state index in [0.717, 1.165) is 31.6 Å². The monoisotopic (exact) mass is 266 g/mol. The topological polar surface area (TPSA) is 63.4 Å². The summed E-state index contributed by atoms with van der Waals surface area (Å²) in [4.78, 5) is 2.26. The number of anilines is 1. The van der Waals surface area contributed by atoms with E-state index in [1.165, 1.54) is 11.1 Å². The van der Waals surface area contributed by atoms with Gasteiger partial charge in [0.25, 0.3) is 0 Å². The molecule has 18 heavy (non-hydrogen) atoms. The Morgan fingerprint density at radius 1 is 1.28 bits per heavy atom. The molecule has 0 radical (unpaired) electrons. The fourth-order valence-corrected chi connectivity index (χ4v) is 4.76. The van der Waals surface area contributed by atoms with Crippen LogP contribution in [0, 0.1) is 0 Å². The molecule has 3 rings (SSSR count). The summed E-state index contributed by atoms with van der Waals surface area (Å²) < 4.78 is 23.4. The molecule has 1 aromatic rings. The van der Waals surface area contributed by atoms with Crippen LogP contribution in [0.1, 0.15) is 24.0 Å². The number of fused-ring (bicyclic) bond motifs is 1. The van der Waals surface area contributed by atoms with Crippen molar-refractivity contribution in [2.75, 3.05) is 17.2 Å². The second-order valence-electron chi connectivity index (χ2n) is 5.30. The molecule has 0 aliphatic carbocycles. The van der Waals surface area contributed by atoms with Gasteiger partial charge in [-0.05, 0) is 30.0 Å². The number of nitrogens with two attached hydrogens (primary N) is 1. The molecule has 5 heteroatoms. The largest absolute Gasteiger partial charge is 0.398 e. The highest BCUT2D eigenvalue weighted by Crippen LogP contribution is 2.31. The van der Waals surface area contributed by atoms with Crippen LogP contribution in [0.25, 0.3) is 0 Å². The number of sulfone groups is 1. The second kappa shape index (κ2) is 4.24. The molecule has 0 bridgehead atoms. The minimum atomic E-state index is -2.84. The summed E-state index contributed by atoms with van der Waals surface area (Å²) in [5.41, 5.74) is 9.23. The van der Waals surface area contributed by atoms with Crippen LogP contribution in [0.2, 0.25) is 0 Å². The van der Waals surface area contributed by atoms with Gasteiger partial charge in [-0.2, -0.15) is 0 Å². The van der Waals surface area contributed by atoms with Crippen molar-refractivity contribution >= 4 is 15.5 Å². The van der Waals surface area contributed by atoms with E-state index in [4.69, 9.17) is 5.73 Å². The number of nitrogen functional groups attached to an aromatic ring is 1. The average molecular weight is 266 g/mol. The van der Waals surface area contributed by atoms with Crippen molar-refractivity contribution in [3.05, 3.63) is 29.3 Å². The molecule has 1 atom stereocenters. The maximum absolute atomic E-state index is 11.7. The Morgan fingerprint density at radius 2 is 2.11 bits per heavy atom. The molecule has 1 saturated heterocycles. The van der Waals surface area contributed by atoms with Crippen molar-refractivity contribution in [1.82, 2.24) is 4.90 Å². The Kier molecular flexibility index (Phi) is 2.83. The Hall–Kier alpha value is -1.07. The number of nitrogens with zero attached hydrogens (tertiary/aromatic N) is 1. The third kappa shape index (κ3) is 2.12. The summed E-state index contributed by atoms with van der Waals surface area (Å²) in [7, 11) is -2.84. The van der Waals surface area contributed by atoms with Gasteiger partial charge in [0.1, 0.15) is 0 Å². The molecular formula is C13H18N2O2S. The molecule has 2 heterocycles. The lowest BCUT2D eigenvalue weighted by Gasteiger charge is -2.30. The predicted octanol–water partition coefficient (Wildman–Crippen LogP) is 1.16. The maximum Gasteiger partial charge on any atom is 0.151 e. The van der Waals surface area contributed by atoms with Crippen molar-refractivity contribution in [2.24, 2.45) is 0 Å². The molecule has 2 N–H and O–H groups in total. The predicted molar refractivity (Wildman–Crippen MR) is 71.8 cm³/mol. The fourth-order valence-electron chi connectivity index (χ4n) is 3.02. The normalized spacial score (nSPS) is 27.0. The van der Waals surface area contributed by atoms with E-state index in [0.29, 0.717) is 11.5 Å². The van der Waals surface area contributed by atoms with Gasteiger partial charge >= 0.3 is 0 Å². The summed E-state index contributed by atoms with van der Waals surface area (Å²) in [6.07, 6.45) is 1.77. The van der Waals surface area contributed by atoms with Crippen molar-refractivity contribution in [1.29, 1.82) is 0 Å². The minimum absolute atomic E-state index is 0.163. The van der Waals surface area contributed by atoms with Crippen LogP contribution in [0.15, 0.2) is 18.2 Å². The lowest BCUT2D eigenvalue weighted by Crippen LogP contribution is -2.40. The highest BCUT2D eigenvalue weighted by Gasteiger charge is 2.32. The van der Waals surface area contributed by atoms with Gasteiger partial charge < -0.3 is 5.73 Å². The van der Waals surface area contributed by atoms with Crippen LogP contribution in [-0.2, 0) is 22.9 Å². The number of hydrogen-bond donors (Lipinski definition) is 1. The first kappa shape index (κ1) is 12.0. The minimum Gasteiger partial charge on any atom is -0.398 e. The SMILES string of the molecule is Nc1cccc2c1CN(C1CCCS(=O)(=O)C1)C2. The molecule has 98 valence electrons. The molecule has 2 aliphatic heterocycles. The fraction of sp³-hybridized carbons (Fsp3) is 0.538. The quantitative estimate of drug-likeness (QED) is 0.775. The van der Waals surface area contributed by atoms with Gasteiger partial charge in [0.2, 0.25) is 0 Å². The van der Waals surface area contributed by atoms with Crippen molar-refractivity contribution in [3.8, 4) is 0 Å². The summed E-state index contributed by atoms with van der Waals surface area (Å²) >= 11 is 0. The van der Waals surface area contributed by atoms with Gasteiger partial charge in [0, 0.05) is 24.8 Å². The molecule has 1 unspecified atom stereocenters. The zero-order valence-corrected chi connectivity index (χ0v) is 11.1. The molecule has 1 aromatic carbocycles. The third-order valence-electron chi connectivity index (χ3n) is 4.00. The standard InChI is InChI=1S/C13H18N2O2S/c14-13-5-1-3-10-7-15(8-12(10)13)11-4-2-6-18(16,17)9-11/h1,3,5,11H,2,4,6-9,14H2. The Morgan fingerprint density at radius 3 is 2.83 bits per heavy atom. The van der Waals surface area contributed by atoms with Gasteiger partial charge in [-0.1, -0.05) is 12.1 Å². The second-order valence-corrected chi connectivity index (χ2v) is 7.53. The maximum atomic E-state index is 11.7. The summed E-state index contributed by atoms with van der Waals surface area (Å²) in [5, 5.41) is 0. The first-order valence-corrected chi connectivity index (χ1v) is 8.18. The van der Waals surface area contributed by atoms with Gasteiger partial charge in [-0.15, -0.1) is 0 Å². The van der Waals surface area contributed by atoms with E-state index in [1.807, 2.05) is 12.1 Å². The molecule has 0 amide bonds. The highest BCUT2D eigenvalue weighted by atomic mass is 32.2. The van der Waals surface area contributed by atoms with Crippen LogP contribution < -0.4 is 5.73 Å². The molecular weight excluding hydrogens is 248 g/mol. The zero-order valence-electron chi connectivity index (χ0n) is 10.3. The van der Waals surface area contributed by atoms with E-state index in [1.54, 1.807) is 0 Å². The Labute approximate surface area is 108 Å². The molecule has 1 fully saturated rings. The van der Waals surface area contributed by atoms with Gasteiger partial charge in [-0.3, -0.25) is 4.90 Å². The van der Waals surface area contributed by atoms with Crippen LogP contribution in [0.4, 0.5) is 5.69 Å². The van der Waals surface area contributed by atoms with E-state index >= 15 is 0 Å². The van der Waals surface area contributed by atoms with E-state index < -0.39 is 9.84 Å². The van der Waals surface area contributed by atoms with Crippen molar-refractivity contribution in [3.63, 3.8) is 0 Å². The van der Waals surface area contributed by atoms with Crippen molar-refractivity contribution in [2.45, 2.75) is 32.0 Å². The van der Waals surface area contributed by atoms with E-state index in [2.05, 4.69) is 11.0 Å². The molecule has 0 spiro atoms. The zero-order chi connectivity index (χ0) is 12.8. The van der Waals surface area contributed by atoms with Gasteiger partial charge in [-0.25, -0.2) is 8.42 Å². The first-order valence-electron chi connectivity index (χ1n) is 6.36. The number of hydrogen-bond acceptors (Lipinski definition) is 4. The number of benzene rings is 1. The van der Waals surface area contributed by atoms with Gasteiger partial charge in [0.05, 0.1) is 11.5 Å². The Balaban J connectivity index is 1.80. The van der Waals surface area contributed by atoms with Crippen LogP contribution >= 0.6 is 0 Å². The third-order valence-corrected chi connectivity index (χ3v) is 5.80. The first-order chi connectivity index (χ1) is 8.55. The van der Waals surface area contributed by atoms with Crippen LogP contribution in [-0.4, -0.2) is 30.9 Å². The smallest absolute Gasteiger partial charge is 0.151 e. The molecule has 0 saturated carbocycles. The highest BCUT2D eigenvalue weighted by molar-refractivity contribution is 7.91. The summed E-state index contributed by atoms with van der Waals surface area (Å²) in [6, 6.07) is 6.13. The molecule has 0 aromatic heterocycles.